The van der Waals surface area contributed by atoms with E-state index in [1.54, 1.807) is 14.0 Å². The Kier molecular flexibility index (Phi) is 4.35. The first-order chi connectivity index (χ1) is 8.25. The van der Waals surface area contributed by atoms with Gasteiger partial charge >= 0.3 is 6.18 Å². The fourth-order valence-corrected chi connectivity index (χ4v) is 1.39. The lowest BCUT2D eigenvalue weighted by Crippen LogP contribution is -2.30. The molecule has 1 rings (SSSR count). The summed E-state index contributed by atoms with van der Waals surface area (Å²) in [6.45, 7) is 1.70. The predicted molar refractivity (Wildman–Crippen MR) is 60.1 cm³/mol. The monoisotopic (exact) mass is 278 g/mol. The number of nitrogens with zero attached hydrogens (tertiary/aromatic N) is 4. The second-order valence-electron chi connectivity index (χ2n) is 3.69. The van der Waals surface area contributed by atoms with Crippen LogP contribution in [0.2, 0.25) is 5.15 Å². The standard InChI is InChI=1S/C10H10ClF3N4/c1-6(3-4-15)18(2)8-5-7(11)16-9(17-8)10(12,13)14/h5-6H,3H2,1-2H3. The van der Waals surface area contributed by atoms with E-state index in [0.717, 1.165) is 0 Å². The van der Waals surface area contributed by atoms with Crippen LogP contribution in [-0.2, 0) is 6.18 Å². The van der Waals surface area contributed by atoms with Gasteiger partial charge in [-0.25, -0.2) is 9.97 Å². The lowest BCUT2D eigenvalue weighted by Gasteiger charge is -2.24. The molecule has 0 saturated heterocycles. The average molecular weight is 279 g/mol. The Bertz CT molecular complexity index is 469. The van der Waals surface area contributed by atoms with E-state index in [0.29, 0.717) is 0 Å². The third kappa shape index (κ3) is 3.47. The third-order valence-corrected chi connectivity index (χ3v) is 2.54. The molecule has 98 valence electrons. The lowest BCUT2D eigenvalue weighted by molar-refractivity contribution is -0.144. The van der Waals surface area contributed by atoms with Crippen molar-refractivity contribution in [3.8, 4) is 6.07 Å². The summed E-state index contributed by atoms with van der Waals surface area (Å²) >= 11 is 5.54. The van der Waals surface area contributed by atoms with Gasteiger partial charge in [0.15, 0.2) is 0 Å². The van der Waals surface area contributed by atoms with Crippen LogP contribution in [0.5, 0.6) is 0 Å². The van der Waals surface area contributed by atoms with Crippen molar-refractivity contribution in [1.29, 1.82) is 5.26 Å². The molecule has 0 spiro atoms. The van der Waals surface area contributed by atoms with Crippen LogP contribution in [0.1, 0.15) is 19.2 Å². The highest BCUT2D eigenvalue weighted by atomic mass is 35.5. The minimum atomic E-state index is -4.65. The van der Waals surface area contributed by atoms with Gasteiger partial charge in [-0.2, -0.15) is 18.4 Å². The molecule has 8 heteroatoms. The maximum absolute atomic E-state index is 12.5. The normalized spacial score (nSPS) is 12.9. The van der Waals surface area contributed by atoms with Gasteiger partial charge in [-0.3, -0.25) is 0 Å². The van der Waals surface area contributed by atoms with Crippen molar-refractivity contribution in [2.24, 2.45) is 0 Å². The number of anilines is 1. The zero-order valence-electron chi connectivity index (χ0n) is 9.66. The minimum absolute atomic E-state index is 0.0325. The summed E-state index contributed by atoms with van der Waals surface area (Å²) in [6.07, 6.45) is -4.49. The molecule has 0 aliphatic heterocycles. The van der Waals surface area contributed by atoms with E-state index >= 15 is 0 Å². The van der Waals surface area contributed by atoms with E-state index in [1.165, 1.54) is 11.0 Å². The highest BCUT2D eigenvalue weighted by Gasteiger charge is 2.35. The molecule has 1 atom stereocenters. The van der Waals surface area contributed by atoms with Crippen molar-refractivity contribution < 1.29 is 13.2 Å². The molecule has 0 N–H and O–H groups in total. The van der Waals surface area contributed by atoms with Gasteiger partial charge in [0.05, 0.1) is 12.5 Å². The molecule has 1 heterocycles. The summed E-state index contributed by atoms with van der Waals surface area (Å²) in [5, 5.41) is 8.27. The molecule has 4 nitrogen and oxygen atoms in total. The molecule has 0 aliphatic rings. The smallest absolute Gasteiger partial charge is 0.356 e. The molecule has 18 heavy (non-hydrogen) atoms. The van der Waals surface area contributed by atoms with Gasteiger partial charge in [0.1, 0.15) is 11.0 Å². The Morgan fingerprint density at radius 1 is 1.50 bits per heavy atom. The summed E-state index contributed by atoms with van der Waals surface area (Å²) in [5.74, 6) is -1.26. The van der Waals surface area contributed by atoms with Crippen LogP contribution in [0, 0.1) is 11.3 Å². The quantitative estimate of drug-likeness (QED) is 0.798. The van der Waals surface area contributed by atoms with E-state index in [1.807, 2.05) is 6.07 Å². The Balaban J connectivity index is 3.11. The second kappa shape index (κ2) is 5.40. The van der Waals surface area contributed by atoms with Crippen LogP contribution in [0.4, 0.5) is 19.0 Å². The van der Waals surface area contributed by atoms with Gasteiger partial charge in [-0.05, 0) is 6.92 Å². The summed E-state index contributed by atoms with van der Waals surface area (Å²) in [7, 11) is 1.54. The number of halogens is 4. The Labute approximate surface area is 107 Å². The fraction of sp³-hybridized carbons (Fsp3) is 0.500. The van der Waals surface area contributed by atoms with E-state index in [2.05, 4.69) is 9.97 Å². The zero-order valence-corrected chi connectivity index (χ0v) is 10.4. The summed E-state index contributed by atoms with van der Waals surface area (Å²) in [4.78, 5) is 7.98. The van der Waals surface area contributed by atoms with Gasteiger partial charge in [0, 0.05) is 19.2 Å². The molecule has 0 amide bonds. The average Bonchev–Trinajstić information content (AvgIpc) is 2.26. The van der Waals surface area contributed by atoms with E-state index in [9.17, 15) is 13.2 Å². The van der Waals surface area contributed by atoms with Gasteiger partial charge in [-0.1, -0.05) is 11.6 Å². The molecule has 0 aliphatic carbocycles. The minimum Gasteiger partial charge on any atom is -0.356 e. The Hall–Kier alpha value is -1.55. The summed E-state index contributed by atoms with van der Waals surface area (Å²) in [6, 6.07) is 2.89. The van der Waals surface area contributed by atoms with Crippen LogP contribution in [0.15, 0.2) is 6.07 Å². The SMILES string of the molecule is CC(CC#N)N(C)c1cc(Cl)nc(C(F)(F)F)n1. The van der Waals surface area contributed by atoms with Crippen molar-refractivity contribution in [3.63, 3.8) is 0 Å². The Morgan fingerprint density at radius 3 is 2.61 bits per heavy atom. The maximum atomic E-state index is 12.5. The van der Waals surface area contributed by atoms with E-state index < -0.39 is 12.0 Å². The van der Waals surface area contributed by atoms with Crippen LogP contribution in [0.25, 0.3) is 0 Å². The number of nitriles is 1. The molecule has 1 unspecified atom stereocenters. The number of aromatic nitrogens is 2. The lowest BCUT2D eigenvalue weighted by atomic mass is 10.2. The molecular formula is C10H10ClF3N4. The molecule has 0 fully saturated rings. The highest BCUT2D eigenvalue weighted by molar-refractivity contribution is 6.29. The first-order valence-electron chi connectivity index (χ1n) is 4.97. The van der Waals surface area contributed by atoms with Crippen LogP contribution < -0.4 is 4.90 Å². The van der Waals surface area contributed by atoms with Crippen molar-refractivity contribution in [2.45, 2.75) is 25.6 Å². The molecule has 0 bridgehead atoms. The fourth-order valence-electron chi connectivity index (χ4n) is 1.21. The molecule has 1 aromatic rings. The number of hydrogen-bond donors (Lipinski definition) is 0. The van der Waals surface area contributed by atoms with Crippen LogP contribution >= 0.6 is 11.6 Å². The molecular weight excluding hydrogens is 269 g/mol. The molecule has 0 aromatic carbocycles. The van der Waals surface area contributed by atoms with Gasteiger partial charge in [0.25, 0.3) is 0 Å². The van der Waals surface area contributed by atoms with E-state index in [4.69, 9.17) is 16.9 Å². The van der Waals surface area contributed by atoms with Crippen molar-refractivity contribution in [2.75, 3.05) is 11.9 Å². The molecule has 1 aromatic heterocycles. The number of rotatable bonds is 3. The third-order valence-electron chi connectivity index (χ3n) is 2.34. The summed E-state index contributed by atoms with van der Waals surface area (Å²) < 4.78 is 37.5. The maximum Gasteiger partial charge on any atom is 0.451 e. The number of alkyl halides is 3. The molecule has 0 radical (unpaired) electrons. The van der Waals surface area contributed by atoms with Gasteiger partial charge < -0.3 is 4.90 Å². The Morgan fingerprint density at radius 2 is 2.11 bits per heavy atom. The van der Waals surface area contributed by atoms with Gasteiger partial charge in [-0.15, -0.1) is 0 Å². The van der Waals surface area contributed by atoms with Crippen molar-refractivity contribution >= 4 is 17.4 Å². The van der Waals surface area contributed by atoms with Crippen LogP contribution in [0.3, 0.4) is 0 Å². The van der Waals surface area contributed by atoms with Crippen LogP contribution in [-0.4, -0.2) is 23.1 Å². The zero-order chi connectivity index (χ0) is 13.9. The second-order valence-corrected chi connectivity index (χ2v) is 4.08. The van der Waals surface area contributed by atoms with Crippen molar-refractivity contribution in [1.82, 2.24) is 9.97 Å². The topological polar surface area (TPSA) is 52.8 Å². The predicted octanol–water partition coefficient (Wildman–Crippen LogP) is 2.89. The highest BCUT2D eigenvalue weighted by Crippen LogP contribution is 2.29. The number of hydrogen-bond acceptors (Lipinski definition) is 4. The first kappa shape index (κ1) is 14.5. The molecule has 0 saturated carbocycles. The largest absolute Gasteiger partial charge is 0.451 e. The van der Waals surface area contributed by atoms with Crippen molar-refractivity contribution in [3.05, 3.63) is 17.0 Å². The summed E-state index contributed by atoms with van der Waals surface area (Å²) in [5.41, 5.74) is 0. The first-order valence-corrected chi connectivity index (χ1v) is 5.35. The van der Waals surface area contributed by atoms with E-state index in [-0.39, 0.29) is 23.4 Å². The van der Waals surface area contributed by atoms with Gasteiger partial charge in [0.2, 0.25) is 5.82 Å².